The Balaban J connectivity index is 1.34. The van der Waals surface area contributed by atoms with Gasteiger partial charge in [0, 0.05) is 43.6 Å². The minimum absolute atomic E-state index is 0.0783. The van der Waals surface area contributed by atoms with Crippen LogP contribution in [0.1, 0.15) is 5.69 Å². The van der Waals surface area contributed by atoms with Crippen LogP contribution >= 0.6 is 0 Å². The summed E-state index contributed by atoms with van der Waals surface area (Å²) < 4.78 is 24.2. The molecule has 0 radical (unpaired) electrons. The van der Waals surface area contributed by atoms with Crippen molar-refractivity contribution in [3.8, 4) is 11.5 Å². The average molecular weight is 452 g/mol. The lowest BCUT2D eigenvalue weighted by molar-refractivity contribution is -0.133. The number of piperazine rings is 1. The molecule has 2 aromatic carbocycles. The number of carbonyl (C=O) groups is 1. The van der Waals surface area contributed by atoms with Gasteiger partial charge >= 0.3 is 0 Å². The number of rotatable bonds is 7. The van der Waals surface area contributed by atoms with Gasteiger partial charge in [-0.2, -0.15) is 4.98 Å². The van der Waals surface area contributed by atoms with Crippen LogP contribution in [0.4, 0.5) is 21.8 Å². The molecule has 0 atom stereocenters. The van der Waals surface area contributed by atoms with E-state index in [9.17, 15) is 9.18 Å². The standard InChI is InChI=1S/C24H26FN5O3/c1-17-15-22(27-18-7-9-19(32-2)10-8-18)28-24(26-17)30-13-11-29(12-14-30)23(31)16-33-21-6-4-3-5-20(21)25/h3-10,15H,11-14,16H2,1-2H3,(H,26,27,28). The Labute approximate surface area is 192 Å². The fourth-order valence-electron chi connectivity index (χ4n) is 3.53. The highest BCUT2D eigenvalue weighted by molar-refractivity contribution is 5.78. The smallest absolute Gasteiger partial charge is 0.260 e. The molecule has 1 N–H and O–H groups in total. The van der Waals surface area contributed by atoms with Crippen LogP contribution < -0.4 is 19.7 Å². The molecular formula is C24H26FN5O3. The number of nitrogens with zero attached hydrogens (tertiary/aromatic N) is 4. The number of anilines is 3. The van der Waals surface area contributed by atoms with Crippen molar-refractivity contribution in [2.75, 3.05) is 50.1 Å². The van der Waals surface area contributed by atoms with Gasteiger partial charge in [-0.25, -0.2) is 9.37 Å². The Kier molecular flexibility index (Phi) is 6.87. The second-order valence-corrected chi connectivity index (χ2v) is 7.63. The van der Waals surface area contributed by atoms with Gasteiger partial charge in [-0.05, 0) is 43.3 Å². The van der Waals surface area contributed by atoms with E-state index in [1.54, 1.807) is 24.1 Å². The number of hydrogen-bond donors (Lipinski definition) is 1. The van der Waals surface area contributed by atoms with Crippen LogP contribution in [-0.2, 0) is 4.79 Å². The van der Waals surface area contributed by atoms with E-state index < -0.39 is 5.82 Å². The maximum Gasteiger partial charge on any atom is 0.260 e. The van der Waals surface area contributed by atoms with Crippen molar-refractivity contribution in [3.63, 3.8) is 0 Å². The maximum absolute atomic E-state index is 13.7. The molecule has 33 heavy (non-hydrogen) atoms. The van der Waals surface area contributed by atoms with Gasteiger partial charge in [0.1, 0.15) is 11.6 Å². The molecule has 9 heteroatoms. The third-order valence-corrected chi connectivity index (χ3v) is 5.31. The van der Waals surface area contributed by atoms with E-state index in [-0.39, 0.29) is 18.3 Å². The summed E-state index contributed by atoms with van der Waals surface area (Å²) in [6.07, 6.45) is 0. The van der Waals surface area contributed by atoms with Crippen molar-refractivity contribution in [2.45, 2.75) is 6.92 Å². The number of halogens is 1. The average Bonchev–Trinajstić information content (AvgIpc) is 2.83. The number of aromatic nitrogens is 2. The minimum atomic E-state index is -0.481. The predicted octanol–water partition coefficient (Wildman–Crippen LogP) is 3.40. The first-order valence-corrected chi connectivity index (χ1v) is 10.7. The molecule has 8 nitrogen and oxygen atoms in total. The molecule has 2 heterocycles. The number of para-hydroxylation sites is 1. The summed E-state index contributed by atoms with van der Waals surface area (Å²) in [4.78, 5) is 25.5. The molecule has 4 rings (SSSR count). The number of hydrogen-bond acceptors (Lipinski definition) is 7. The maximum atomic E-state index is 13.7. The Morgan fingerprint density at radius 3 is 2.48 bits per heavy atom. The Morgan fingerprint density at radius 1 is 1.06 bits per heavy atom. The van der Waals surface area contributed by atoms with Crippen LogP contribution in [0.2, 0.25) is 0 Å². The molecule has 0 saturated carbocycles. The second kappa shape index (κ2) is 10.2. The van der Waals surface area contributed by atoms with E-state index in [1.807, 2.05) is 42.2 Å². The number of carbonyl (C=O) groups excluding carboxylic acids is 1. The van der Waals surface area contributed by atoms with Crippen LogP contribution in [0.25, 0.3) is 0 Å². The van der Waals surface area contributed by atoms with Gasteiger partial charge in [0.05, 0.1) is 7.11 Å². The molecule has 0 spiro atoms. The summed E-state index contributed by atoms with van der Waals surface area (Å²) in [5.41, 5.74) is 1.73. The molecule has 1 amide bonds. The predicted molar refractivity (Wildman–Crippen MR) is 124 cm³/mol. The Hall–Kier alpha value is -3.88. The Morgan fingerprint density at radius 2 is 1.79 bits per heavy atom. The number of amides is 1. The van der Waals surface area contributed by atoms with Crippen molar-refractivity contribution in [3.05, 3.63) is 66.1 Å². The lowest BCUT2D eigenvalue weighted by Gasteiger charge is -2.34. The van der Waals surface area contributed by atoms with E-state index in [4.69, 9.17) is 9.47 Å². The van der Waals surface area contributed by atoms with Gasteiger partial charge in [0.2, 0.25) is 5.95 Å². The summed E-state index contributed by atoms with van der Waals surface area (Å²) in [7, 11) is 1.63. The van der Waals surface area contributed by atoms with E-state index >= 15 is 0 Å². The van der Waals surface area contributed by atoms with Crippen LogP contribution in [0, 0.1) is 12.7 Å². The zero-order valence-corrected chi connectivity index (χ0v) is 18.6. The molecule has 1 aromatic heterocycles. The fraction of sp³-hybridized carbons (Fsp3) is 0.292. The number of benzene rings is 2. The number of methoxy groups -OCH3 is 1. The highest BCUT2D eigenvalue weighted by Gasteiger charge is 2.23. The quantitative estimate of drug-likeness (QED) is 0.590. The van der Waals surface area contributed by atoms with Crippen molar-refractivity contribution >= 4 is 23.4 Å². The van der Waals surface area contributed by atoms with Crippen LogP contribution in [-0.4, -0.2) is 60.7 Å². The summed E-state index contributed by atoms with van der Waals surface area (Å²) in [5.74, 6) is 1.51. The summed E-state index contributed by atoms with van der Waals surface area (Å²) in [6, 6.07) is 15.5. The number of nitrogens with one attached hydrogen (secondary N) is 1. The van der Waals surface area contributed by atoms with Crippen LogP contribution in [0.5, 0.6) is 11.5 Å². The van der Waals surface area contributed by atoms with Crippen LogP contribution in [0.15, 0.2) is 54.6 Å². The topological polar surface area (TPSA) is 79.8 Å². The second-order valence-electron chi connectivity index (χ2n) is 7.63. The molecule has 0 aliphatic carbocycles. The zero-order valence-electron chi connectivity index (χ0n) is 18.6. The lowest BCUT2D eigenvalue weighted by Crippen LogP contribution is -2.50. The molecule has 172 valence electrons. The molecule has 0 bridgehead atoms. The van der Waals surface area contributed by atoms with Gasteiger partial charge < -0.3 is 24.6 Å². The van der Waals surface area contributed by atoms with Gasteiger partial charge in [-0.1, -0.05) is 12.1 Å². The van der Waals surface area contributed by atoms with Crippen LogP contribution in [0.3, 0.4) is 0 Å². The first kappa shape index (κ1) is 22.3. The Bertz CT molecular complexity index is 1100. The van der Waals surface area contributed by atoms with Crippen molar-refractivity contribution < 1.29 is 18.7 Å². The molecule has 1 aliphatic rings. The third kappa shape index (κ3) is 5.68. The molecule has 0 unspecified atom stereocenters. The summed E-state index contributed by atoms with van der Waals surface area (Å²) in [5, 5.41) is 3.29. The monoisotopic (exact) mass is 451 g/mol. The van der Waals surface area contributed by atoms with E-state index in [0.29, 0.717) is 37.9 Å². The van der Waals surface area contributed by atoms with Crippen molar-refractivity contribution in [1.29, 1.82) is 0 Å². The fourth-order valence-corrected chi connectivity index (χ4v) is 3.53. The van der Waals surface area contributed by atoms with E-state index in [0.717, 1.165) is 17.1 Å². The molecule has 1 aliphatic heterocycles. The van der Waals surface area contributed by atoms with Gasteiger partial charge in [0.25, 0.3) is 5.91 Å². The lowest BCUT2D eigenvalue weighted by atomic mass is 10.3. The molecule has 1 fully saturated rings. The summed E-state index contributed by atoms with van der Waals surface area (Å²) in [6.45, 7) is 3.94. The number of ether oxygens (including phenoxy) is 2. The van der Waals surface area contributed by atoms with Crippen molar-refractivity contribution in [2.24, 2.45) is 0 Å². The van der Waals surface area contributed by atoms with E-state index in [1.165, 1.54) is 12.1 Å². The normalized spacial score (nSPS) is 13.5. The molecular weight excluding hydrogens is 425 g/mol. The molecule has 3 aromatic rings. The SMILES string of the molecule is COc1ccc(Nc2cc(C)nc(N3CCN(C(=O)COc4ccccc4F)CC3)n2)cc1. The minimum Gasteiger partial charge on any atom is -0.497 e. The zero-order chi connectivity index (χ0) is 23.2. The third-order valence-electron chi connectivity index (χ3n) is 5.31. The first-order chi connectivity index (χ1) is 16.0. The van der Waals surface area contributed by atoms with E-state index in [2.05, 4.69) is 15.3 Å². The largest absolute Gasteiger partial charge is 0.497 e. The number of aryl methyl sites for hydroxylation is 1. The highest BCUT2D eigenvalue weighted by Crippen LogP contribution is 2.22. The summed E-state index contributed by atoms with van der Waals surface area (Å²) >= 11 is 0. The molecule has 1 saturated heterocycles. The first-order valence-electron chi connectivity index (χ1n) is 10.7. The van der Waals surface area contributed by atoms with Crippen molar-refractivity contribution in [1.82, 2.24) is 14.9 Å². The van der Waals surface area contributed by atoms with Gasteiger partial charge in [-0.15, -0.1) is 0 Å². The van der Waals surface area contributed by atoms with Gasteiger partial charge in [0.15, 0.2) is 18.2 Å². The highest BCUT2D eigenvalue weighted by atomic mass is 19.1. The van der Waals surface area contributed by atoms with Gasteiger partial charge in [-0.3, -0.25) is 4.79 Å².